The van der Waals surface area contributed by atoms with Crippen molar-refractivity contribution in [1.29, 1.82) is 0 Å². The predicted octanol–water partition coefficient (Wildman–Crippen LogP) is 3.85. The van der Waals surface area contributed by atoms with E-state index in [4.69, 9.17) is 14.2 Å². The highest BCUT2D eigenvalue weighted by molar-refractivity contribution is 6.07. The summed E-state index contributed by atoms with van der Waals surface area (Å²) in [5.41, 5.74) is 2.13. The zero-order valence-electron chi connectivity index (χ0n) is 14.4. The van der Waals surface area contributed by atoms with E-state index in [9.17, 15) is 9.18 Å². The number of halogens is 1. The van der Waals surface area contributed by atoms with E-state index < -0.39 is 11.6 Å². The average Bonchev–Trinajstić information content (AvgIpc) is 3.34. The number of H-pyrrole nitrogens is 1. The van der Waals surface area contributed by atoms with Gasteiger partial charge in [0, 0.05) is 11.6 Å². The van der Waals surface area contributed by atoms with E-state index in [0.717, 1.165) is 5.56 Å². The molecule has 0 atom stereocenters. The van der Waals surface area contributed by atoms with Crippen LogP contribution in [0.15, 0.2) is 48.5 Å². The van der Waals surface area contributed by atoms with Crippen molar-refractivity contribution >= 4 is 11.9 Å². The topological polar surface area (TPSA) is 73.4 Å². The Balaban J connectivity index is 1.51. The number of rotatable bonds is 5. The van der Waals surface area contributed by atoms with E-state index in [1.165, 1.54) is 31.4 Å². The van der Waals surface area contributed by atoms with Crippen molar-refractivity contribution in [2.24, 2.45) is 0 Å². The van der Waals surface area contributed by atoms with Gasteiger partial charge in [0.2, 0.25) is 6.79 Å². The van der Waals surface area contributed by atoms with Gasteiger partial charge in [0.1, 0.15) is 11.6 Å². The molecule has 1 aliphatic heterocycles. The van der Waals surface area contributed by atoms with Crippen LogP contribution in [0.1, 0.15) is 16.1 Å². The number of benzene rings is 2. The monoisotopic (exact) mass is 366 g/mol. The predicted molar refractivity (Wildman–Crippen MR) is 96.5 cm³/mol. The van der Waals surface area contributed by atoms with E-state index in [0.29, 0.717) is 28.6 Å². The molecule has 6 nitrogen and oxygen atoms in total. The van der Waals surface area contributed by atoms with Gasteiger partial charge in [-0.3, -0.25) is 9.89 Å². The van der Waals surface area contributed by atoms with Gasteiger partial charge in [0.25, 0.3) is 0 Å². The van der Waals surface area contributed by atoms with E-state index in [2.05, 4.69) is 10.2 Å². The largest absolute Gasteiger partial charge is 0.497 e. The standard InChI is InChI=1S/C20H15FN2O4/c1-25-14-4-5-15(16(21)10-14)18(24)6-3-13-9-17(23-22-13)12-2-7-19-20(8-12)27-11-26-19/h2-10H,11H2,1H3,(H,22,23)/b6-3+. The molecule has 0 aliphatic carbocycles. The lowest BCUT2D eigenvalue weighted by Crippen LogP contribution is -1.99. The third-order valence-electron chi connectivity index (χ3n) is 4.12. The molecular formula is C20H15FN2O4. The van der Waals surface area contributed by atoms with Gasteiger partial charge < -0.3 is 14.2 Å². The van der Waals surface area contributed by atoms with E-state index in [1.54, 1.807) is 12.1 Å². The lowest BCUT2D eigenvalue weighted by atomic mass is 10.1. The minimum absolute atomic E-state index is 0.0254. The lowest BCUT2D eigenvalue weighted by molar-refractivity contribution is 0.104. The quantitative estimate of drug-likeness (QED) is 0.548. The SMILES string of the molecule is COc1ccc(C(=O)/C=C/c2cc(-c3ccc4c(c3)OCO4)n[nH]2)c(F)c1. The van der Waals surface area contributed by atoms with Crippen molar-refractivity contribution in [2.75, 3.05) is 13.9 Å². The summed E-state index contributed by atoms with van der Waals surface area (Å²) < 4.78 is 29.6. The van der Waals surface area contributed by atoms with Gasteiger partial charge in [0.15, 0.2) is 17.3 Å². The van der Waals surface area contributed by atoms with Crippen molar-refractivity contribution in [3.8, 4) is 28.5 Å². The van der Waals surface area contributed by atoms with Crippen molar-refractivity contribution in [3.05, 3.63) is 65.6 Å². The number of hydrogen-bond donors (Lipinski definition) is 1. The Kier molecular flexibility index (Phi) is 4.33. The summed E-state index contributed by atoms with van der Waals surface area (Å²) in [5.74, 6) is 0.637. The van der Waals surface area contributed by atoms with E-state index in [-0.39, 0.29) is 12.4 Å². The second kappa shape index (κ2) is 6.95. The Morgan fingerprint density at radius 2 is 2.04 bits per heavy atom. The number of aromatic nitrogens is 2. The summed E-state index contributed by atoms with van der Waals surface area (Å²) in [6.45, 7) is 0.206. The van der Waals surface area contributed by atoms with Crippen LogP contribution < -0.4 is 14.2 Å². The Bertz CT molecular complexity index is 1040. The highest BCUT2D eigenvalue weighted by atomic mass is 19.1. The molecule has 2 heterocycles. The first-order valence-electron chi connectivity index (χ1n) is 8.15. The van der Waals surface area contributed by atoms with Gasteiger partial charge in [-0.1, -0.05) is 0 Å². The minimum atomic E-state index is -0.630. The molecule has 7 heteroatoms. The molecule has 0 saturated carbocycles. The second-order valence-electron chi connectivity index (χ2n) is 5.82. The Morgan fingerprint density at radius 3 is 2.85 bits per heavy atom. The Morgan fingerprint density at radius 1 is 1.19 bits per heavy atom. The van der Waals surface area contributed by atoms with Gasteiger partial charge >= 0.3 is 0 Å². The number of fused-ring (bicyclic) bond motifs is 1. The van der Waals surface area contributed by atoms with Gasteiger partial charge in [-0.05, 0) is 48.6 Å². The van der Waals surface area contributed by atoms with Crippen molar-refractivity contribution in [3.63, 3.8) is 0 Å². The van der Waals surface area contributed by atoms with Crippen LogP contribution in [0.4, 0.5) is 4.39 Å². The number of ether oxygens (including phenoxy) is 3. The van der Waals surface area contributed by atoms with Crippen molar-refractivity contribution < 1.29 is 23.4 Å². The molecule has 0 fully saturated rings. The molecule has 0 bridgehead atoms. The first-order valence-corrected chi connectivity index (χ1v) is 8.15. The molecule has 0 radical (unpaired) electrons. The number of carbonyl (C=O) groups excluding carboxylic acids is 1. The molecule has 1 aromatic heterocycles. The number of ketones is 1. The van der Waals surface area contributed by atoms with Crippen molar-refractivity contribution in [2.45, 2.75) is 0 Å². The van der Waals surface area contributed by atoms with Gasteiger partial charge in [-0.2, -0.15) is 5.10 Å². The molecule has 3 aromatic rings. The van der Waals surface area contributed by atoms with Crippen LogP contribution in [0.5, 0.6) is 17.2 Å². The van der Waals surface area contributed by atoms with Crippen LogP contribution in [-0.2, 0) is 0 Å². The molecule has 0 spiro atoms. The van der Waals surface area contributed by atoms with Crippen LogP contribution in [0.2, 0.25) is 0 Å². The number of carbonyl (C=O) groups is 1. The molecule has 1 aliphatic rings. The van der Waals surface area contributed by atoms with Gasteiger partial charge in [-0.25, -0.2) is 4.39 Å². The van der Waals surface area contributed by atoms with Crippen molar-refractivity contribution in [1.82, 2.24) is 10.2 Å². The molecule has 2 aromatic carbocycles. The highest BCUT2D eigenvalue weighted by Gasteiger charge is 2.15. The number of allylic oxidation sites excluding steroid dienone is 1. The molecular weight excluding hydrogens is 351 g/mol. The van der Waals surface area contributed by atoms with E-state index in [1.807, 2.05) is 18.2 Å². The molecule has 0 saturated heterocycles. The summed E-state index contributed by atoms with van der Waals surface area (Å²) in [6, 6.07) is 11.4. The van der Waals surface area contributed by atoms with Crippen LogP contribution in [0.3, 0.4) is 0 Å². The summed E-state index contributed by atoms with van der Waals surface area (Å²) in [7, 11) is 1.44. The maximum atomic E-state index is 14.0. The molecule has 0 unspecified atom stereocenters. The number of hydrogen-bond acceptors (Lipinski definition) is 5. The van der Waals surface area contributed by atoms with Gasteiger partial charge in [-0.15, -0.1) is 0 Å². The fraction of sp³-hybridized carbons (Fsp3) is 0.100. The summed E-state index contributed by atoms with van der Waals surface area (Å²) in [6.07, 6.45) is 2.84. The first-order chi connectivity index (χ1) is 13.1. The fourth-order valence-electron chi connectivity index (χ4n) is 2.70. The number of nitrogens with zero attached hydrogens (tertiary/aromatic N) is 1. The van der Waals surface area contributed by atoms with Crippen LogP contribution in [-0.4, -0.2) is 29.9 Å². The normalized spacial score (nSPS) is 12.5. The maximum absolute atomic E-state index is 14.0. The Labute approximate surface area is 154 Å². The maximum Gasteiger partial charge on any atom is 0.231 e. The zero-order valence-corrected chi connectivity index (χ0v) is 14.4. The summed E-state index contributed by atoms with van der Waals surface area (Å²) in [5, 5.41) is 7.07. The fourth-order valence-corrected chi connectivity index (χ4v) is 2.70. The first kappa shape index (κ1) is 16.8. The molecule has 1 N–H and O–H groups in total. The third kappa shape index (κ3) is 3.39. The molecule has 136 valence electrons. The summed E-state index contributed by atoms with van der Waals surface area (Å²) in [4.78, 5) is 12.2. The minimum Gasteiger partial charge on any atom is -0.497 e. The number of aromatic amines is 1. The Hall–Kier alpha value is -3.61. The summed E-state index contributed by atoms with van der Waals surface area (Å²) >= 11 is 0. The molecule has 27 heavy (non-hydrogen) atoms. The average molecular weight is 366 g/mol. The van der Waals surface area contributed by atoms with Crippen LogP contribution >= 0.6 is 0 Å². The number of nitrogens with one attached hydrogen (secondary N) is 1. The molecule has 4 rings (SSSR count). The smallest absolute Gasteiger partial charge is 0.231 e. The van der Waals surface area contributed by atoms with Gasteiger partial charge in [0.05, 0.1) is 24.1 Å². The third-order valence-corrected chi connectivity index (χ3v) is 4.12. The van der Waals surface area contributed by atoms with E-state index >= 15 is 0 Å². The van der Waals surface area contributed by atoms with Crippen LogP contribution in [0, 0.1) is 5.82 Å². The van der Waals surface area contributed by atoms with Crippen LogP contribution in [0.25, 0.3) is 17.3 Å². The number of methoxy groups -OCH3 is 1. The highest BCUT2D eigenvalue weighted by Crippen LogP contribution is 2.35. The second-order valence-corrected chi connectivity index (χ2v) is 5.82. The zero-order chi connectivity index (χ0) is 18.8. The lowest BCUT2D eigenvalue weighted by Gasteiger charge is -2.02. The molecule has 0 amide bonds.